The predicted octanol–water partition coefficient (Wildman–Crippen LogP) is 2.95. The van der Waals surface area contributed by atoms with Crippen molar-refractivity contribution in [2.75, 3.05) is 60.2 Å². The molecule has 2 aliphatic heterocycles. The second-order valence-corrected chi connectivity index (χ2v) is 9.96. The van der Waals surface area contributed by atoms with Gasteiger partial charge in [0, 0.05) is 44.1 Å². The Hall–Kier alpha value is -3.43. The van der Waals surface area contributed by atoms with Crippen LogP contribution in [0.5, 0.6) is 11.5 Å². The summed E-state index contributed by atoms with van der Waals surface area (Å²) in [7, 11) is 3.26. The number of rotatable bonds is 10. The minimum absolute atomic E-state index is 0.00468. The first kappa shape index (κ1) is 26.2. The summed E-state index contributed by atoms with van der Waals surface area (Å²) in [6, 6.07) is 15.1. The third-order valence-electron chi connectivity index (χ3n) is 7.44. The van der Waals surface area contributed by atoms with Crippen LogP contribution in [0.1, 0.15) is 36.4 Å². The quantitative estimate of drug-likeness (QED) is 0.479. The van der Waals surface area contributed by atoms with Crippen LogP contribution in [0.4, 0.5) is 0 Å². The summed E-state index contributed by atoms with van der Waals surface area (Å²) in [5, 5.41) is 6.36. The van der Waals surface area contributed by atoms with Crippen LogP contribution in [0.15, 0.2) is 53.6 Å². The zero-order valence-electron chi connectivity index (χ0n) is 22.2. The highest BCUT2D eigenvalue weighted by molar-refractivity contribution is 6.03. The molecule has 0 N–H and O–H groups in total. The molecule has 5 rings (SSSR count). The number of benzene rings is 2. The van der Waals surface area contributed by atoms with E-state index in [9.17, 15) is 9.59 Å². The Morgan fingerprint density at radius 1 is 1.03 bits per heavy atom. The molecule has 0 spiro atoms. The molecule has 0 aromatic heterocycles. The third kappa shape index (κ3) is 6.00. The molecule has 3 aliphatic rings. The Kier molecular flexibility index (Phi) is 8.24. The monoisotopic (exact) mass is 520 g/mol. The molecule has 9 nitrogen and oxygen atoms in total. The van der Waals surface area contributed by atoms with Gasteiger partial charge in [-0.15, -0.1) is 0 Å². The first-order valence-corrected chi connectivity index (χ1v) is 13.3. The number of hydrazone groups is 1. The summed E-state index contributed by atoms with van der Waals surface area (Å²) in [5.41, 5.74) is 2.63. The number of hydrogen-bond acceptors (Lipinski definition) is 7. The van der Waals surface area contributed by atoms with Crippen molar-refractivity contribution in [3.8, 4) is 11.5 Å². The van der Waals surface area contributed by atoms with E-state index >= 15 is 0 Å². The maximum atomic E-state index is 13.8. The highest BCUT2D eigenvalue weighted by Crippen LogP contribution is 2.38. The van der Waals surface area contributed by atoms with Gasteiger partial charge in [-0.05, 0) is 48.7 Å². The van der Waals surface area contributed by atoms with Crippen LogP contribution < -0.4 is 9.47 Å². The van der Waals surface area contributed by atoms with E-state index in [4.69, 9.17) is 19.3 Å². The zero-order chi connectivity index (χ0) is 26.5. The average Bonchev–Trinajstić information content (AvgIpc) is 3.73. The summed E-state index contributed by atoms with van der Waals surface area (Å²) in [4.78, 5) is 31.0. The smallest absolute Gasteiger partial charge is 0.262 e. The van der Waals surface area contributed by atoms with Gasteiger partial charge in [-0.2, -0.15) is 5.10 Å². The van der Waals surface area contributed by atoms with Crippen molar-refractivity contribution in [1.29, 1.82) is 0 Å². The van der Waals surface area contributed by atoms with Gasteiger partial charge in [0.25, 0.3) is 5.91 Å². The summed E-state index contributed by atoms with van der Waals surface area (Å²) in [5.74, 6) is 1.38. The third-order valence-corrected chi connectivity index (χ3v) is 7.44. The molecule has 9 heteroatoms. The minimum Gasteiger partial charge on any atom is -0.497 e. The highest BCUT2D eigenvalue weighted by Gasteiger charge is 2.38. The van der Waals surface area contributed by atoms with Crippen molar-refractivity contribution in [3.05, 3.63) is 59.7 Å². The van der Waals surface area contributed by atoms with E-state index in [1.807, 2.05) is 48.5 Å². The molecule has 1 saturated heterocycles. The largest absolute Gasteiger partial charge is 0.497 e. The average molecular weight is 521 g/mol. The molecule has 202 valence electrons. The van der Waals surface area contributed by atoms with E-state index in [1.165, 1.54) is 0 Å². The molecule has 1 aliphatic carbocycles. The van der Waals surface area contributed by atoms with Gasteiger partial charge < -0.3 is 19.1 Å². The predicted molar refractivity (Wildman–Crippen MR) is 143 cm³/mol. The maximum Gasteiger partial charge on any atom is 0.262 e. The van der Waals surface area contributed by atoms with Crippen LogP contribution in [0, 0.1) is 5.92 Å². The highest BCUT2D eigenvalue weighted by atomic mass is 16.5. The number of methoxy groups -OCH3 is 2. The van der Waals surface area contributed by atoms with E-state index in [-0.39, 0.29) is 30.3 Å². The second-order valence-electron chi connectivity index (χ2n) is 9.96. The lowest BCUT2D eigenvalue weighted by Gasteiger charge is -2.31. The van der Waals surface area contributed by atoms with Gasteiger partial charge in [-0.3, -0.25) is 14.5 Å². The lowest BCUT2D eigenvalue weighted by molar-refractivity contribution is -0.142. The molecule has 2 fully saturated rings. The zero-order valence-corrected chi connectivity index (χ0v) is 22.2. The van der Waals surface area contributed by atoms with Crippen LogP contribution in [-0.4, -0.2) is 92.5 Å². The number of para-hydroxylation sites is 1. The van der Waals surface area contributed by atoms with Crippen molar-refractivity contribution in [3.63, 3.8) is 0 Å². The van der Waals surface area contributed by atoms with Crippen molar-refractivity contribution in [2.45, 2.75) is 25.3 Å². The minimum atomic E-state index is -0.326. The van der Waals surface area contributed by atoms with Crippen LogP contribution in [0.25, 0.3) is 0 Å². The SMILES string of the molecule is COc1ccc(C2=NN(C(=O)CN(CCN3CCOCC3)C(=O)C3CC3)[C@H](c3ccccc3OC)C2)cc1. The van der Waals surface area contributed by atoms with E-state index in [2.05, 4.69) is 4.90 Å². The second kappa shape index (κ2) is 12.0. The van der Waals surface area contributed by atoms with Gasteiger partial charge in [-0.25, -0.2) is 5.01 Å². The molecule has 2 aromatic rings. The summed E-state index contributed by atoms with van der Waals surface area (Å²) in [6.45, 7) is 4.34. The van der Waals surface area contributed by atoms with Gasteiger partial charge in [0.15, 0.2) is 0 Å². The summed E-state index contributed by atoms with van der Waals surface area (Å²) < 4.78 is 16.4. The first-order valence-electron chi connectivity index (χ1n) is 13.3. The van der Waals surface area contributed by atoms with Crippen molar-refractivity contribution in [1.82, 2.24) is 14.8 Å². The lowest BCUT2D eigenvalue weighted by atomic mass is 9.97. The number of amides is 2. The van der Waals surface area contributed by atoms with Gasteiger partial charge >= 0.3 is 0 Å². The summed E-state index contributed by atoms with van der Waals surface area (Å²) in [6.07, 6.45) is 2.34. The molecule has 1 saturated carbocycles. The molecule has 2 amide bonds. The molecule has 38 heavy (non-hydrogen) atoms. The first-order chi connectivity index (χ1) is 18.6. The Morgan fingerprint density at radius 3 is 2.45 bits per heavy atom. The number of nitrogens with zero attached hydrogens (tertiary/aromatic N) is 4. The normalized spacial score (nSPS) is 19.7. The lowest BCUT2D eigenvalue weighted by Crippen LogP contribution is -2.47. The van der Waals surface area contributed by atoms with E-state index in [1.54, 1.807) is 24.1 Å². The maximum absolute atomic E-state index is 13.8. The number of carbonyl (C=O) groups is 2. The number of morpholine rings is 1. The Bertz CT molecular complexity index is 1160. The van der Waals surface area contributed by atoms with E-state index < -0.39 is 0 Å². The number of ether oxygens (including phenoxy) is 3. The molecule has 2 aromatic carbocycles. The van der Waals surface area contributed by atoms with Crippen molar-refractivity contribution >= 4 is 17.5 Å². The molecule has 0 unspecified atom stereocenters. The Labute approximate surface area is 223 Å². The Morgan fingerprint density at radius 2 is 1.76 bits per heavy atom. The fourth-order valence-electron chi connectivity index (χ4n) is 5.06. The van der Waals surface area contributed by atoms with E-state index in [0.717, 1.165) is 55.1 Å². The fraction of sp³-hybridized carbons (Fsp3) is 0.483. The van der Waals surface area contributed by atoms with Crippen molar-refractivity contribution in [2.24, 2.45) is 11.0 Å². The molecular weight excluding hydrogens is 484 g/mol. The number of carbonyl (C=O) groups excluding carboxylic acids is 2. The van der Waals surface area contributed by atoms with E-state index in [0.29, 0.717) is 31.9 Å². The van der Waals surface area contributed by atoms with Gasteiger partial charge in [0.05, 0.1) is 39.2 Å². The molecule has 2 heterocycles. The number of hydrogen-bond donors (Lipinski definition) is 0. The van der Waals surface area contributed by atoms with Crippen LogP contribution in [0.2, 0.25) is 0 Å². The van der Waals surface area contributed by atoms with Gasteiger partial charge in [0.1, 0.15) is 18.0 Å². The van der Waals surface area contributed by atoms with Crippen LogP contribution in [0.3, 0.4) is 0 Å². The molecular formula is C29H36N4O5. The van der Waals surface area contributed by atoms with Crippen LogP contribution >= 0.6 is 0 Å². The Balaban J connectivity index is 1.38. The van der Waals surface area contributed by atoms with Crippen LogP contribution in [-0.2, 0) is 14.3 Å². The molecule has 0 radical (unpaired) electrons. The van der Waals surface area contributed by atoms with Gasteiger partial charge in [0.2, 0.25) is 5.91 Å². The topological polar surface area (TPSA) is 83.9 Å². The molecule has 1 atom stereocenters. The van der Waals surface area contributed by atoms with Crippen molar-refractivity contribution < 1.29 is 23.8 Å². The molecule has 0 bridgehead atoms. The van der Waals surface area contributed by atoms with Gasteiger partial charge in [-0.1, -0.05) is 18.2 Å². The standard InChI is InChI=1S/C29H36N4O5/c1-36-23-11-9-21(10-12-23)25-19-26(24-5-3-4-6-27(24)37-2)33(30-25)28(34)20-32(29(35)22-7-8-22)14-13-31-15-17-38-18-16-31/h3-6,9-12,22,26H,7-8,13-20H2,1-2H3/t26-/m0/s1. The fourth-order valence-corrected chi connectivity index (χ4v) is 5.06. The summed E-state index contributed by atoms with van der Waals surface area (Å²) >= 11 is 0.